The van der Waals surface area contributed by atoms with Crippen LogP contribution in [0, 0.1) is 0 Å². The minimum absolute atomic E-state index is 0.220. The van der Waals surface area contributed by atoms with Crippen LogP contribution in [0.2, 0.25) is 0 Å². The van der Waals surface area contributed by atoms with Crippen LogP contribution in [0.25, 0.3) is 0 Å². The van der Waals surface area contributed by atoms with E-state index in [9.17, 15) is 18.4 Å². The Balaban J connectivity index is 2.67. The molecule has 1 aliphatic carbocycles. The summed E-state index contributed by atoms with van der Waals surface area (Å²) in [6, 6.07) is 0. The van der Waals surface area contributed by atoms with Gasteiger partial charge in [0.15, 0.2) is 0 Å². The lowest BCUT2D eigenvalue weighted by molar-refractivity contribution is -0.158. The number of esters is 2. The van der Waals surface area contributed by atoms with Crippen LogP contribution < -0.4 is 0 Å². The molecule has 0 heterocycles. The molecule has 92 valence electrons. The summed E-state index contributed by atoms with van der Waals surface area (Å²) in [5, 5.41) is 0. The van der Waals surface area contributed by atoms with Gasteiger partial charge in [0.1, 0.15) is 0 Å². The lowest BCUT2D eigenvalue weighted by Gasteiger charge is -2.38. The maximum Gasteiger partial charge on any atom is 0.314 e. The topological polar surface area (TPSA) is 83.5 Å². The van der Waals surface area contributed by atoms with Crippen molar-refractivity contribution in [1.29, 1.82) is 0 Å². The molecule has 0 amide bonds. The smallest absolute Gasteiger partial charge is 0.314 e. The van der Waals surface area contributed by atoms with E-state index in [0.717, 1.165) is 26.2 Å². The van der Waals surface area contributed by atoms with E-state index in [1.54, 1.807) is 0 Å². The summed E-state index contributed by atoms with van der Waals surface area (Å²) in [4.78, 5) is 21.9. The van der Waals surface area contributed by atoms with E-state index < -0.39 is 27.8 Å². The molecule has 1 aliphatic rings. The molecule has 0 N–H and O–H groups in total. The molecular formula is C10H15O5S-. The van der Waals surface area contributed by atoms with Gasteiger partial charge >= 0.3 is 11.9 Å². The van der Waals surface area contributed by atoms with E-state index in [1.165, 1.54) is 0 Å². The molecule has 0 radical (unpaired) electrons. The molecule has 1 fully saturated rings. The zero-order valence-corrected chi connectivity index (χ0v) is 10.0. The highest BCUT2D eigenvalue weighted by atomic mass is 32.2. The lowest BCUT2D eigenvalue weighted by Crippen LogP contribution is -2.39. The molecule has 1 atom stereocenters. The molecule has 0 aliphatic heterocycles. The first-order valence-electron chi connectivity index (χ1n) is 5.27. The number of carbonyl (C=O) groups excluding carboxylic acids is 2. The first-order valence-corrected chi connectivity index (χ1v) is 6.34. The van der Waals surface area contributed by atoms with Crippen LogP contribution in [0.1, 0.15) is 45.4 Å². The average Bonchev–Trinajstić information content (AvgIpc) is 2.17. The third-order valence-electron chi connectivity index (χ3n) is 2.84. The standard InChI is InChI=1S/C10H16O5S/c1-8(11)15-9(12)7-10(16(13)14)5-3-2-4-6-10/h2-7H2,1H3,(H,13,14)/p-1. The van der Waals surface area contributed by atoms with Crippen LogP contribution in [0.5, 0.6) is 0 Å². The first-order chi connectivity index (χ1) is 7.46. The summed E-state index contributed by atoms with van der Waals surface area (Å²) in [6.45, 7) is 1.12. The summed E-state index contributed by atoms with van der Waals surface area (Å²) in [6.07, 6.45) is 3.29. The third kappa shape index (κ3) is 3.38. The molecule has 16 heavy (non-hydrogen) atoms. The highest BCUT2D eigenvalue weighted by Gasteiger charge is 2.36. The molecule has 1 rings (SSSR count). The predicted octanol–water partition coefficient (Wildman–Crippen LogP) is 1.05. The monoisotopic (exact) mass is 247 g/mol. The Hall–Kier alpha value is -0.750. The Bertz CT molecular complexity index is 306. The van der Waals surface area contributed by atoms with Crippen molar-refractivity contribution in [2.45, 2.75) is 50.2 Å². The SMILES string of the molecule is CC(=O)OC(=O)CC1(S(=O)[O-])CCCCC1. The second-order valence-electron chi connectivity index (χ2n) is 4.12. The zero-order valence-electron chi connectivity index (χ0n) is 9.19. The van der Waals surface area contributed by atoms with Crippen LogP contribution in [-0.2, 0) is 25.4 Å². The van der Waals surface area contributed by atoms with E-state index in [0.29, 0.717) is 12.8 Å². The van der Waals surface area contributed by atoms with E-state index in [-0.39, 0.29) is 6.42 Å². The molecule has 0 saturated heterocycles. The van der Waals surface area contributed by atoms with Gasteiger partial charge in [0.05, 0.1) is 6.42 Å². The van der Waals surface area contributed by atoms with Crippen molar-refractivity contribution in [3.8, 4) is 0 Å². The van der Waals surface area contributed by atoms with Crippen molar-refractivity contribution in [3.63, 3.8) is 0 Å². The Labute approximate surface area is 96.8 Å². The number of hydrogen-bond acceptors (Lipinski definition) is 5. The fraction of sp³-hybridized carbons (Fsp3) is 0.800. The Morgan fingerprint density at radius 2 is 1.88 bits per heavy atom. The van der Waals surface area contributed by atoms with Crippen LogP contribution >= 0.6 is 0 Å². The van der Waals surface area contributed by atoms with Crippen molar-refractivity contribution in [3.05, 3.63) is 0 Å². The molecule has 1 unspecified atom stereocenters. The lowest BCUT2D eigenvalue weighted by atomic mass is 9.86. The van der Waals surface area contributed by atoms with E-state index in [4.69, 9.17) is 0 Å². The van der Waals surface area contributed by atoms with E-state index >= 15 is 0 Å². The van der Waals surface area contributed by atoms with Gasteiger partial charge in [-0.3, -0.25) is 13.8 Å². The van der Waals surface area contributed by atoms with Crippen molar-refractivity contribution in [2.75, 3.05) is 0 Å². The number of rotatable bonds is 3. The highest BCUT2D eigenvalue weighted by molar-refractivity contribution is 7.80. The molecule has 0 aromatic carbocycles. The van der Waals surface area contributed by atoms with Crippen LogP contribution in [0.4, 0.5) is 0 Å². The molecule has 0 aromatic heterocycles. The van der Waals surface area contributed by atoms with Crippen LogP contribution in [0.3, 0.4) is 0 Å². The second kappa shape index (κ2) is 5.54. The van der Waals surface area contributed by atoms with Gasteiger partial charge in [0, 0.05) is 11.7 Å². The summed E-state index contributed by atoms with van der Waals surface area (Å²) in [7, 11) is 0. The molecular weight excluding hydrogens is 232 g/mol. The summed E-state index contributed by atoms with van der Waals surface area (Å²) < 4.78 is 25.8. The molecule has 1 saturated carbocycles. The maximum absolute atomic E-state index is 11.3. The molecule has 0 bridgehead atoms. The van der Waals surface area contributed by atoms with Crippen LogP contribution in [-0.4, -0.2) is 25.4 Å². The van der Waals surface area contributed by atoms with Gasteiger partial charge in [-0.15, -0.1) is 0 Å². The Morgan fingerprint density at radius 1 is 1.31 bits per heavy atom. The molecule has 0 aromatic rings. The average molecular weight is 247 g/mol. The third-order valence-corrected chi connectivity index (χ3v) is 4.10. The van der Waals surface area contributed by atoms with Crippen molar-refractivity contribution < 1.29 is 23.1 Å². The Morgan fingerprint density at radius 3 is 2.31 bits per heavy atom. The molecule has 5 nitrogen and oxygen atoms in total. The zero-order chi connectivity index (χ0) is 12.2. The summed E-state index contributed by atoms with van der Waals surface area (Å²) >= 11 is -2.31. The number of carbonyl (C=O) groups is 2. The van der Waals surface area contributed by atoms with Crippen molar-refractivity contribution in [2.24, 2.45) is 0 Å². The number of hydrogen-bond donors (Lipinski definition) is 0. The Kier molecular flexibility index (Phi) is 4.61. The minimum atomic E-state index is -2.31. The van der Waals surface area contributed by atoms with Gasteiger partial charge in [-0.1, -0.05) is 19.3 Å². The number of ether oxygens (including phenoxy) is 1. The normalized spacial score (nSPS) is 21.1. The summed E-state index contributed by atoms with van der Waals surface area (Å²) in [5.74, 6) is -1.45. The van der Waals surface area contributed by atoms with Gasteiger partial charge in [-0.2, -0.15) is 0 Å². The molecule has 0 spiro atoms. The first kappa shape index (κ1) is 13.3. The predicted molar refractivity (Wildman–Crippen MR) is 56.1 cm³/mol. The van der Waals surface area contributed by atoms with Crippen molar-refractivity contribution in [1.82, 2.24) is 0 Å². The van der Waals surface area contributed by atoms with Gasteiger partial charge < -0.3 is 9.29 Å². The minimum Gasteiger partial charge on any atom is -0.772 e. The fourth-order valence-corrected chi connectivity index (χ4v) is 2.92. The fourth-order valence-electron chi connectivity index (χ4n) is 2.06. The highest BCUT2D eigenvalue weighted by Crippen LogP contribution is 2.35. The maximum atomic E-state index is 11.3. The van der Waals surface area contributed by atoms with E-state index in [1.807, 2.05) is 0 Å². The van der Waals surface area contributed by atoms with Crippen LogP contribution in [0.15, 0.2) is 0 Å². The van der Waals surface area contributed by atoms with Gasteiger partial charge in [-0.05, 0) is 23.9 Å². The molecule has 6 heteroatoms. The second-order valence-corrected chi connectivity index (χ2v) is 5.46. The van der Waals surface area contributed by atoms with Gasteiger partial charge in [0.25, 0.3) is 0 Å². The quantitative estimate of drug-likeness (QED) is 0.423. The van der Waals surface area contributed by atoms with E-state index in [2.05, 4.69) is 4.74 Å². The largest absolute Gasteiger partial charge is 0.772 e. The summed E-state index contributed by atoms with van der Waals surface area (Å²) in [5.41, 5.74) is 0. The van der Waals surface area contributed by atoms with Crippen molar-refractivity contribution >= 4 is 23.0 Å². The van der Waals surface area contributed by atoms with Gasteiger partial charge in [-0.25, -0.2) is 0 Å². The van der Waals surface area contributed by atoms with Gasteiger partial charge in [0.2, 0.25) is 0 Å².